The van der Waals surface area contributed by atoms with Crippen LogP contribution in [0.15, 0.2) is 12.5 Å². The van der Waals surface area contributed by atoms with Crippen LogP contribution in [0.5, 0.6) is 0 Å². The molecule has 1 spiro atoms. The van der Waals surface area contributed by atoms with E-state index in [2.05, 4.69) is 19.8 Å². The minimum atomic E-state index is -0.125. The summed E-state index contributed by atoms with van der Waals surface area (Å²) in [7, 11) is 0. The highest BCUT2D eigenvalue weighted by molar-refractivity contribution is 5.76. The Balaban J connectivity index is 1.36. The lowest BCUT2D eigenvalue weighted by molar-refractivity contribution is -0.133. The number of carbonyl (C=O) groups is 1. The lowest BCUT2D eigenvalue weighted by Gasteiger charge is -2.43. The molecule has 2 saturated heterocycles. The number of aromatic nitrogens is 2. The molecule has 2 aliphatic heterocycles. The molecule has 0 radical (unpaired) electrons. The molecule has 1 aromatic rings. The summed E-state index contributed by atoms with van der Waals surface area (Å²) in [5, 5.41) is 0. The molecule has 1 saturated carbocycles. The van der Waals surface area contributed by atoms with E-state index in [9.17, 15) is 4.79 Å². The highest BCUT2D eigenvalue weighted by Crippen LogP contribution is 2.33. The number of rotatable bonds is 4. The predicted molar refractivity (Wildman–Crippen MR) is 90.3 cm³/mol. The van der Waals surface area contributed by atoms with Crippen molar-refractivity contribution in [3.63, 3.8) is 0 Å². The van der Waals surface area contributed by atoms with Crippen LogP contribution in [0.1, 0.15) is 44.2 Å². The third-order valence-electron chi connectivity index (χ3n) is 5.98. The second-order valence-corrected chi connectivity index (χ2v) is 7.71. The summed E-state index contributed by atoms with van der Waals surface area (Å²) < 4.78 is 6.24. The Morgan fingerprint density at radius 2 is 2.17 bits per heavy atom. The zero-order valence-corrected chi connectivity index (χ0v) is 14.4. The first-order chi connectivity index (χ1) is 11.7. The van der Waals surface area contributed by atoms with Gasteiger partial charge in [0.05, 0.1) is 25.0 Å². The van der Waals surface area contributed by atoms with E-state index < -0.39 is 0 Å². The number of hydrogen-bond acceptors (Lipinski definition) is 4. The second kappa shape index (κ2) is 6.84. The quantitative estimate of drug-likeness (QED) is 0.913. The summed E-state index contributed by atoms with van der Waals surface area (Å²) in [6, 6.07) is 0. The van der Waals surface area contributed by atoms with Crippen LogP contribution in [0.2, 0.25) is 0 Å². The molecule has 1 amide bonds. The van der Waals surface area contributed by atoms with Crippen LogP contribution in [0, 0.1) is 5.92 Å². The van der Waals surface area contributed by atoms with Crippen LogP contribution in [0.25, 0.3) is 0 Å². The molecule has 1 N–H and O–H groups in total. The van der Waals surface area contributed by atoms with Crippen LogP contribution >= 0.6 is 0 Å². The first kappa shape index (κ1) is 16.1. The predicted octanol–water partition coefficient (Wildman–Crippen LogP) is 1.79. The van der Waals surface area contributed by atoms with Gasteiger partial charge in [-0.25, -0.2) is 4.98 Å². The van der Waals surface area contributed by atoms with E-state index in [1.807, 2.05) is 6.20 Å². The topological polar surface area (TPSA) is 61.5 Å². The van der Waals surface area contributed by atoms with Crippen molar-refractivity contribution in [2.24, 2.45) is 5.92 Å². The largest absolute Gasteiger partial charge is 0.373 e. The molecule has 6 heteroatoms. The minimum absolute atomic E-state index is 0.125. The Kier molecular flexibility index (Phi) is 4.59. The van der Waals surface area contributed by atoms with Gasteiger partial charge in [-0.15, -0.1) is 0 Å². The number of piperidine rings is 1. The van der Waals surface area contributed by atoms with Crippen molar-refractivity contribution >= 4 is 5.91 Å². The molecule has 132 valence electrons. The number of hydrogen-bond donors (Lipinski definition) is 1. The molecule has 4 rings (SSSR count). The van der Waals surface area contributed by atoms with Gasteiger partial charge in [0.15, 0.2) is 0 Å². The standard InChI is InChI=1S/C18H28N4O2/c23-17-4-9-24-18(13-22(17)11-15-2-1-3-15)5-7-21(8-6-18)12-16-10-19-14-20-16/h10,14-15H,1-9,11-13H2,(H,19,20). The number of nitrogens with one attached hydrogen (secondary N) is 1. The summed E-state index contributed by atoms with van der Waals surface area (Å²) >= 11 is 0. The lowest BCUT2D eigenvalue weighted by atomic mass is 9.84. The van der Waals surface area contributed by atoms with Gasteiger partial charge in [-0.1, -0.05) is 6.42 Å². The number of H-pyrrole nitrogens is 1. The maximum absolute atomic E-state index is 12.4. The first-order valence-electron chi connectivity index (χ1n) is 9.34. The smallest absolute Gasteiger partial charge is 0.224 e. The van der Waals surface area contributed by atoms with Crippen molar-refractivity contribution in [2.45, 2.75) is 50.7 Å². The molecule has 3 heterocycles. The number of carbonyl (C=O) groups excluding carboxylic acids is 1. The molecule has 3 fully saturated rings. The molecule has 24 heavy (non-hydrogen) atoms. The normalized spacial score (nSPS) is 25.7. The number of aromatic amines is 1. The van der Waals surface area contributed by atoms with Crippen LogP contribution in [0.3, 0.4) is 0 Å². The summed E-state index contributed by atoms with van der Waals surface area (Å²) in [6.45, 7) is 5.28. The van der Waals surface area contributed by atoms with Gasteiger partial charge < -0.3 is 14.6 Å². The first-order valence-corrected chi connectivity index (χ1v) is 9.34. The maximum Gasteiger partial charge on any atom is 0.224 e. The van der Waals surface area contributed by atoms with Crippen molar-refractivity contribution in [3.8, 4) is 0 Å². The molecule has 0 bridgehead atoms. The van der Waals surface area contributed by atoms with Crippen molar-refractivity contribution < 1.29 is 9.53 Å². The van der Waals surface area contributed by atoms with Gasteiger partial charge in [-0.05, 0) is 31.6 Å². The van der Waals surface area contributed by atoms with Crippen LogP contribution < -0.4 is 0 Å². The van der Waals surface area contributed by atoms with Gasteiger partial charge in [0.2, 0.25) is 5.91 Å². The number of imidazole rings is 1. The van der Waals surface area contributed by atoms with Crippen molar-refractivity contribution in [3.05, 3.63) is 18.2 Å². The molecule has 0 atom stereocenters. The van der Waals surface area contributed by atoms with E-state index in [0.717, 1.165) is 57.2 Å². The molecule has 1 aliphatic carbocycles. The second-order valence-electron chi connectivity index (χ2n) is 7.71. The fourth-order valence-electron chi connectivity index (χ4n) is 4.18. The molecule has 6 nitrogen and oxygen atoms in total. The van der Waals surface area contributed by atoms with E-state index >= 15 is 0 Å². The third-order valence-corrected chi connectivity index (χ3v) is 5.98. The molecule has 3 aliphatic rings. The van der Waals surface area contributed by atoms with Gasteiger partial charge in [0.1, 0.15) is 0 Å². The fraction of sp³-hybridized carbons (Fsp3) is 0.778. The van der Waals surface area contributed by atoms with Crippen molar-refractivity contribution in [1.29, 1.82) is 0 Å². The number of amides is 1. The van der Waals surface area contributed by atoms with Gasteiger partial charge in [-0.3, -0.25) is 9.69 Å². The molecule has 1 aromatic heterocycles. The molecular weight excluding hydrogens is 304 g/mol. The minimum Gasteiger partial charge on any atom is -0.373 e. The third kappa shape index (κ3) is 3.49. The Morgan fingerprint density at radius 3 is 2.83 bits per heavy atom. The summed E-state index contributed by atoms with van der Waals surface area (Å²) in [6.07, 6.45) is 10.1. The van der Waals surface area contributed by atoms with Crippen LogP contribution in [0.4, 0.5) is 0 Å². The Bertz CT molecular complexity index is 547. The van der Waals surface area contributed by atoms with Crippen molar-refractivity contribution in [1.82, 2.24) is 19.8 Å². The Hall–Kier alpha value is -1.40. The number of nitrogens with zero attached hydrogens (tertiary/aromatic N) is 3. The van der Waals surface area contributed by atoms with E-state index in [1.165, 1.54) is 19.3 Å². The fourth-order valence-corrected chi connectivity index (χ4v) is 4.18. The summed E-state index contributed by atoms with van der Waals surface area (Å²) in [5.74, 6) is 1.02. The zero-order chi connectivity index (χ0) is 16.4. The van der Waals surface area contributed by atoms with Gasteiger partial charge in [0, 0.05) is 44.6 Å². The molecular formula is C18H28N4O2. The van der Waals surface area contributed by atoms with Gasteiger partial charge in [-0.2, -0.15) is 0 Å². The van der Waals surface area contributed by atoms with E-state index in [0.29, 0.717) is 18.9 Å². The number of likely N-dealkylation sites (tertiary alicyclic amines) is 1. The van der Waals surface area contributed by atoms with E-state index in [1.54, 1.807) is 6.33 Å². The van der Waals surface area contributed by atoms with Crippen molar-refractivity contribution in [2.75, 3.05) is 32.8 Å². The van der Waals surface area contributed by atoms with Gasteiger partial charge in [0.25, 0.3) is 0 Å². The SMILES string of the molecule is O=C1CCOC2(CCN(Cc3cnc[nH]3)CC2)CN1CC1CCC1. The monoisotopic (exact) mass is 332 g/mol. The van der Waals surface area contributed by atoms with E-state index in [-0.39, 0.29) is 5.60 Å². The highest BCUT2D eigenvalue weighted by Gasteiger charge is 2.41. The maximum atomic E-state index is 12.4. The lowest BCUT2D eigenvalue weighted by Crippen LogP contribution is -2.52. The summed E-state index contributed by atoms with van der Waals surface area (Å²) in [4.78, 5) is 24.2. The molecule has 0 unspecified atom stereocenters. The van der Waals surface area contributed by atoms with Gasteiger partial charge >= 0.3 is 0 Å². The van der Waals surface area contributed by atoms with Crippen LogP contribution in [-0.4, -0.2) is 64.1 Å². The number of ether oxygens (including phenoxy) is 1. The van der Waals surface area contributed by atoms with E-state index in [4.69, 9.17) is 4.74 Å². The highest BCUT2D eigenvalue weighted by atomic mass is 16.5. The van der Waals surface area contributed by atoms with Crippen LogP contribution in [-0.2, 0) is 16.1 Å². The average molecular weight is 332 g/mol. The Labute approximate surface area is 143 Å². The molecule has 0 aromatic carbocycles. The summed E-state index contributed by atoms with van der Waals surface area (Å²) in [5.41, 5.74) is 1.04. The zero-order valence-electron chi connectivity index (χ0n) is 14.4. The Morgan fingerprint density at radius 1 is 1.33 bits per heavy atom. The average Bonchev–Trinajstić information content (AvgIpc) is 2.99.